The summed E-state index contributed by atoms with van der Waals surface area (Å²) < 4.78 is 47.0. The van der Waals surface area contributed by atoms with Crippen molar-refractivity contribution in [2.24, 2.45) is 5.14 Å². The van der Waals surface area contributed by atoms with Crippen molar-refractivity contribution in [3.63, 3.8) is 0 Å². The minimum absolute atomic E-state index is 0.140. The Morgan fingerprint density at radius 3 is 2.14 bits per heavy atom. The largest absolute Gasteiger partial charge is 0.239 e. The van der Waals surface area contributed by atoms with Crippen LogP contribution in [0.15, 0.2) is 19.9 Å². The van der Waals surface area contributed by atoms with E-state index >= 15 is 0 Å². The molecule has 3 nitrogen and oxygen atoms in total. The Hall–Kier alpha value is -0.0500. The van der Waals surface area contributed by atoms with Gasteiger partial charge in [-0.3, -0.25) is 0 Å². The summed E-state index contributed by atoms with van der Waals surface area (Å²) in [5.74, 6) is -2.46. The van der Waals surface area contributed by atoms with Gasteiger partial charge < -0.3 is 0 Å². The normalized spacial score (nSPS) is 11.8. The van der Waals surface area contributed by atoms with Crippen LogP contribution in [0.4, 0.5) is 8.78 Å². The van der Waals surface area contributed by atoms with Gasteiger partial charge in [0.1, 0.15) is 4.90 Å². The van der Waals surface area contributed by atoms with Gasteiger partial charge in [-0.25, -0.2) is 22.3 Å². The average molecular weight is 351 g/mol. The number of halogens is 4. The predicted octanol–water partition coefficient (Wildman–Crippen LogP) is 2.14. The van der Waals surface area contributed by atoms with Crippen LogP contribution < -0.4 is 5.14 Å². The SMILES string of the molecule is NS(=O)(=O)c1cc(F)c(F)c(Br)c1Br. The summed E-state index contributed by atoms with van der Waals surface area (Å²) in [6.07, 6.45) is 0. The van der Waals surface area contributed by atoms with Crippen LogP contribution in [-0.2, 0) is 10.0 Å². The molecular weight excluding hydrogens is 348 g/mol. The molecule has 0 saturated heterocycles. The summed E-state index contributed by atoms with van der Waals surface area (Å²) in [5, 5.41) is 4.78. The van der Waals surface area contributed by atoms with Gasteiger partial charge in [-0.1, -0.05) is 0 Å². The standard InChI is InChI=1S/C6H3Br2F2NO2S/c7-4-3(14(11,12)13)1-2(9)6(10)5(4)8/h1H,(H2,11,12,13). The highest BCUT2D eigenvalue weighted by Crippen LogP contribution is 2.33. The summed E-state index contributed by atoms with van der Waals surface area (Å²) in [6, 6.07) is 0.513. The first-order valence-electron chi connectivity index (χ1n) is 3.11. The van der Waals surface area contributed by atoms with E-state index in [9.17, 15) is 17.2 Å². The molecule has 0 radical (unpaired) electrons. The van der Waals surface area contributed by atoms with Crippen molar-refractivity contribution < 1.29 is 17.2 Å². The van der Waals surface area contributed by atoms with Crippen molar-refractivity contribution >= 4 is 41.9 Å². The molecule has 0 aliphatic heterocycles. The fraction of sp³-hybridized carbons (Fsp3) is 0. The summed E-state index contributed by atoms with van der Waals surface area (Å²) >= 11 is 5.48. The second-order valence-electron chi connectivity index (χ2n) is 2.34. The van der Waals surface area contributed by atoms with Gasteiger partial charge in [0.05, 0.1) is 8.95 Å². The van der Waals surface area contributed by atoms with Crippen LogP contribution in [0.5, 0.6) is 0 Å². The number of hydrogen-bond acceptors (Lipinski definition) is 2. The van der Waals surface area contributed by atoms with Gasteiger partial charge in [-0.15, -0.1) is 0 Å². The molecule has 1 rings (SSSR count). The van der Waals surface area contributed by atoms with Crippen LogP contribution in [0, 0.1) is 11.6 Å². The van der Waals surface area contributed by atoms with E-state index in [1.165, 1.54) is 0 Å². The third kappa shape index (κ3) is 2.13. The lowest BCUT2D eigenvalue weighted by Gasteiger charge is -2.05. The molecule has 0 spiro atoms. The fourth-order valence-corrected chi connectivity index (χ4v) is 2.88. The summed E-state index contributed by atoms with van der Waals surface area (Å²) in [6.45, 7) is 0. The van der Waals surface area contributed by atoms with Crippen LogP contribution in [0.3, 0.4) is 0 Å². The van der Waals surface area contributed by atoms with E-state index in [1.807, 2.05) is 0 Å². The highest BCUT2D eigenvalue weighted by atomic mass is 79.9. The molecule has 1 aromatic rings. The Morgan fingerprint density at radius 1 is 1.21 bits per heavy atom. The molecule has 0 bridgehead atoms. The lowest BCUT2D eigenvalue weighted by molar-refractivity contribution is 0.498. The summed E-state index contributed by atoms with van der Waals surface area (Å²) in [4.78, 5) is -0.511. The van der Waals surface area contributed by atoms with Gasteiger partial charge in [0, 0.05) is 0 Å². The molecule has 0 saturated carbocycles. The molecule has 0 atom stereocenters. The molecule has 0 heterocycles. The van der Waals surface area contributed by atoms with Gasteiger partial charge in [-0.05, 0) is 37.9 Å². The maximum Gasteiger partial charge on any atom is 0.239 e. The smallest absolute Gasteiger partial charge is 0.225 e. The third-order valence-corrected chi connectivity index (χ3v) is 4.67. The maximum atomic E-state index is 12.9. The molecular formula is C6H3Br2F2NO2S. The Bertz CT molecular complexity index is 489. The molecule has 78 valence electrons. The fourth-order valence-electron chi connectivity index (χ4n) is 0.758. The zero-order valence-electron chi connectivity index (χ0n) is 6.39. The van der Waals surface area contributed by atoms with Crippen molar-refractivity contribution in [1.82, 2.24) is 0 Å². The number of sulfonamides is 1. The van der Waals surface area contributed by atoms with E-state index in [2.05, 4.69) is 31.9 Å². The van der Waals surface area contributed by atoms with Crippen LogP contribution in [0.1, 0.15) is 0 Å². The first-order valence-corrected chi connectivity index (χ1v) is 6.24. The number of primary sulfonamides is 1. The molecule has 0 aliphatic rings. The van der Waals surface area contributed by atoms with Gasteiger partial charge in [-0.2, -0.15) is 0 Å². The predicted molar refractivity (Wildman–Crippen MR) is 53.1 cm³/mol. The van der Waals surface area contributed by atoms with Crippen molar-refractivity contribution in [1.29, 1.82) is 0 Å². The van der Waals surface area contributed by atoms with Crippen molar-refractivity contribution in [3.8, 4) is 0 Å². The van der Waals surface area contributed by atoms with Crippen molar-refractivity contribution in [2.75, 3.05) is 0 Å². The first kappa shape index (κ1) is 12.0. The molecule has 0 aliphatic carbocycles. The first-order chi connectivity index (χ1) is 6.25. The average Bonchev–Trinajstić information content (AvgIpc) is 2.06. The van der Waals surface area contributed by atoms with Gasteiger partial charge in [0.2, 0.25) is 10.0 Å². The number of nitrogens with two attached hydrogens (primary N) is 1. The monoisotopic (exact) mass is 349 g/mol. The Kier molecular flexibility index (Phi) is 3.30. The molecule has 0 fully saturated rings. The molecule has 14 heavy (non-hydrogen) atoms. The van der Waals surface area contributed by atoms with Crippen LogP contribution in [0.2, 0.25) is 0 Å². The number of benzene rings is 1. The highest BCUT2D eigenvalue weighted by Gasteiger charge is 2.21. The van der Waals surface area contributed by atoms with Crippen molar-refractivity contribution in [3.05, 3.63) is 26.6 Å². The Balaban J connectivity index is 3.66. The third-order valence-electron chi connectivity index (χ3n) is 1.38. The highest BCUT2D eigenvalue weighted by molar-refractivity contribution is 9.13. The van der Waals surface area contributed by atoms with Crippen molar-refractivity contribution in [2.45, 2.75) is 4.90 Å². The van der Waals surface area contributed by atoms with E-state index in [4.69, 9.17) is 5.14 Å². The molecule has 1 aromatic carbocycles. The minimum atomic E-state index is -4.08. The van der Waals surface area contributed by atoms with Gasteiger partial charge >= 0.3 is 0 Å². The zero-order valence-corrected chi connectivity index (χ0v) is 10.4. The second-order valence-corrected chi connectivity index (χ2v) is 5.46. The van der Waals surface area contributed by atoms with E-state index in [0.717, 1.165) is 0 Å². The molecule has 0 unspecified atom stereocenters. The van der Waals surface area contributed by atoms with Gasteiger partial charge in [0.25, 0.3) is 0 Å². The minimum Gasteiger partial charge on any atom is -0.225 e. The van der Waals surface area contributed by atoms with Crippen LogP contribution in [-0.4, -0.2) is 8.42 Å². The summed E-state index contributed by atoms with van der Waals surface area (Å²) in [7, 11) is -4.08. The molecule has 8 heteroatoms. The number of hydrogen-bond donors (Lipinski definition) is 1. The lowest BCUT2D eigenvalue weighted by atomic mass is 10.3. The summed E-state index contributed by atoms with van der Waals surface area (Å²) in [5.41, 5.74) is 0. The zero-order chi connectivity index (χ0) is 11.1. The molecule has 2 N–H and O–H groups in total. The van der Waals surface area contributed by atoms with Crippen LogP contribution >= 0.6 is 31.9 Å². The maximum absolute atomic E-state index is 12.9. The second kappa shape index (κ2) is 3.84. The lowest BCUT2D eigenvalue weighted by Crippen LogP contribution is -2.14. The molecule has 0 aromatic heterocycles. The van der Waals surface area contributed by atoms with E-state index in [0.29, 0.717) is 6.07 Å². The quantitative estimate of drug-likeness (QED) is 0.623. The Labute approximate surface area is 95.6 Å². The van der Waals surface area contributed by atoms with E-state index in [1.54, 1.807) is 0 Å². The van der Waals surface area contributed by atoms with E-state index < -0.39 is 26.6 Å². The van der Waals surface area contributed by atoms with E-state index in [-0.39, 0.29) is 8.95 Å². The van der Waals surface area contributed by atoms with Crippen LogP contribution in [0.25, 0.3) is 0 Å². The molecule has 0 amide bonds. The number of rotatable bonds is 1. The van der Waals surface area contributed by atoms with Gasteiger partial charge in [0.15, 0.2) is 11.6 Å². The topological polar surface area (TPSA) is 60.2 Å². The Morgan fingerprint density at radius 2 is 1.71 bits per heavy atom.